The molecule has 0 atom stereocenters. The first kappa shape index (κ1) is 11.8. The minimum Gasteiger partial charge on any atom is -0.340 e. The Bertz CT molecular complexity index is 692. The molecule has 3 rings (SSSR count). The highest BCUT2D eigenvalue weighted by Gasteiger charge is 2.09. The van der Waals surface area contributed by atoms with Crippen LogP contribution in [0.5, 0.6) is 0 Å². The molecule has 19 heavy (non-hydrogen) atoms. The summed E-state index contributed by atoms with van der Waals surface area (Å²) in [5.41, 5.74) is 3.84. The van der Waals surface area contributed by atoms with Crippen LogP contribution in [0.2, 0.25) is 0 Å². The van der Waals surface area contributed by atoms with Crippen LogP contribution in [0.25, 0.3) is 22.2 Å². The van der Waals surface area contributed by atoms with E-state index in [0.29, 0.717) is 0 Å². The summed E-state index contributed by atoms with van der Waals surface area (Å²) in [6.45, 7) is 4.80. The summed E-state index contributed by atoms with van der Waals surface area (Å²) in [6, 6.07) is 21.4. The maximum Gasteiger partial charge on any atom is 0.0491 e. The Labute approximate surface area is 113 Å². The maximum atomic E-state index is 3.83. The van der Waals surface area contributed by atoms with Crippen LogP contribution in [0.15, 0.2) is 73.3 Å². The van der Waals surface area contributed by atoms with E-state index < -0.39 is 0 Å². The third-order valence-electron chi connectivity index (χ3n) is 3.44. The van der Waals surface area contributed by atoms with Gasteiger partial charge >= 0.3 is 0 Å². The van der Waals surface area contributed by atoms with E-state index in [1.54, 1.807) is 0 Å². The Kier molecular flexibility index (Phi) is 3.20. The van der Waals surface area contributed by atoms with Gasteiger partial charge in [-0.3, -0.25) is 0 Å². The van der Waals surface area contributed by atoms with Crippen molar-refractivity contribution in [1.82, 2.24) is 4.57 Å². The molecule has 1 nitrogen and oxygen atoms in total. The lowest BCUT2D eigenvalue weighted by Gasteiger charge is -2.09. The van der Waals surface area contributed by atoms with E-state index >= 15 is 0 Å². The van der Waals surface area contributed by atoms with Gasteiger partial charge in [0.1, 0.15) is 0 Å². The van der Waals surface area contributed by atoms with Gasteiger partial charge in [-0.05, 0) is 24.1 Å². The summed E-state index contributed by atoms with van der Waals surface area (Å²) >= 11 is 0. The van der Waals surface area contributed by atoms with Gasteiger partial charge in [0.2, 0.25) is 0 Å². The van der Waals surface area contributed by atoms with Crippen molar-refractivity contribution in [2.45, 2.75) is 13.0 Å². The average Bonchev–Trinajstić information content (AvgIpc) is 2.85. The lowest BCUT2D eigenvalue weighted by atomic mass is 10.1. The standard InChI is InChI=1S/C18H17N/c1-2-3-13-19-17-12-8-7-11-16(17)14-18(19)15-9-5-4-6-10-15/h2,4-12,14H,1,3,13H2. The molecule has 0 unspecified atom stereocenters. The first-order valence-electron chi connectivity index (χ1n) is 6.65. The molecule has 0 aliphatic carbocycles. The summed E-state index contributed by atoms with van der Waals surface area (Å²) < 4.78 is 2.38. The number of benzene rings is 2. The first-order chi connectivity index (χ1) is 9.40. The van der Waals surface area contributed by atoms with Crippen LogP contribution < -0.4 is 0 Å². The Balaban J connectivity index is 2.19. The molecule has 1 heterocycles. The normalized spacial score (nSPS) is 10.7. The van der Waals surface area contributed by atoms with Crippen molar-refractivity contribution in [3.63, 3.8) is 0 Å². The molecule has 0 bridgehead atoms. The SMILES string of the molecule is C=CCCn1c(-c2ccccc2)cc2ccccc21. The minimum atomic E-state index is 0.973. The van der Waals surface area contributed by atoms with E-state index in [2.05, 4.69) is 71.8 Å². The predicted octanol–water partition coefficient (Wildman–Crippen LogP) is 4.88. The second-order valence-electron chi connectivity index (χ2n) is 4.68. The van der Waals surface area contributed by atoms with E-state index in [1.165, 1.54) is 22.2 Å². The third-order valence-corrected chi connectivity index (χ3v) is 3.44. The molecule has 0 radical (unpaired) electrons. The molecule has 0 fully saturated rings. The summed E-state index contributed by atoms with van der Waals surface area (Å²) in [7, 11) is 0. The van der Waals surface area contributed by atoms with E-state index in [0.717, 1.165) is 13.0 Å². The molecule has 1 aromatic heterocycles. The van der Waals surface area contributed by atoms with Gasteiger partial charge in [-0.2, -0.15) is 0 Å². The van der Waals surface area contributed by atoms with Crippen molar-refractivity contribution in [1.29, 1.82) is 0 Å². The Hall–Kier alpha value is -2.28. The van der Waals surface area contributed by atoms with Crippen molar-refractivity contribution in [2.24, 2.45) is 0 Å². The van der Waals surface area contributed by atoms with Crippen LogP contribution in [-0.2, 0) is 6.54 Å². The maximum absolute atomic E-state index is 3.83. The first-order valence-corrected chi connectivity index (χ1v) is 6.65. The number of para-hydroxylation sites is 1. The summed E-state index contributed by atoms with van der Waals surface area (Å²) in [6.07, 6.45) is 2.96. The zero-order valence-corrected chi connectivity index (χ0v) is 10.9. The van der Waals surface area contributed by atoms with E-state index in [1.807, 2.05) is 6.08 Å². The molecule has 0 amide bonds. The van der Waals surface area contributed by atoms with Gasteiger partial charge in [0.05, 0.1) is 0 Å². The van der Waals surface area contributed by atoms with Gasteiger partial charge in [0, 0.05) is 23.1 Å². The van der Waals surface area contributed by atoms with Gasteiger partial charge in [-0.1, -0.05) is 54.6 Å². The Morgan fingerprint density at radius 3 is 2.47 bits per heavy atom. The minimum absolute atomic E-state index is 0.973. The fourth-order valence-electron chi connectivity index (χ4n) is 2.52. The number of rotatable bonds is 4. The van der Waals surface area contributed by atoms with Crippen molar-refractivity contribution in [3.05, 3.63) is 73.3 Å². The molecule has 3 aromatic rings. The number of fused-ring (bicyclic) bond motifs is 1. The number of allylic oxidation sites excluding steroid dienone is 1. The fourth-order valence-corrected chi connectivity index (χ4v) is 2.52. The van der Waals surface area contributed by atoms with Crippen molar-refractivity contribution >= 4 is 10.9 Å². The highest BCUT2D eigenvalue weighted by atomic mass is 15.0. The molecular formula is C18H17N. The summed E-state index contributed by atoms with van der Waals surface area (Å²) in [5.74, 6) is 0. The summed E-state index contributed by atoms with van der Waals surface area (Å²) in [5, 5.41) is 1.30. The average molecular weight is 247 g/mol. The monoisotopic (exact) mass is 247 g/mol. The lowest BCUT2D eigenvalue weighted by Crippen LogP contribution is -1.98. The Morgan fingerprint density at radius 2 is 1.68 bits per heavy atom. The molecule has 94 valence electrons. The largest absolute Gasteiger partial charge is 0.340 e. The van der Waals surface area contributed by atoms with Crippen molar-refractivity contribution < 1.29 is 0 Å². The quantitative estimate of drug-likeness (QED) is 0.579. The molecule has 0 N–H and O–H groups in total. The van der Waals surface area contributed by atoms with Crippen LogP contribution >= 0.6 is 0 Å². The molecule has 1 heteroatoms. The lowest BCUT2D eigenvalue weighted by molar-refractivity contribution is 0.746. The van der Waals surface area contributed by atoms with E-state index in [9.17, 15) is 0 Å². The van der Waals surface area contributed by atoms with Crippen LogP contribution in [0.1, 0.15) is 6.42 Å². The molecule has 0 spiro atoms. The van der Waals surface area contributed by atoms with Gasteiger partial charge in [-0.15, -0.1) is 6.58 Å². The molecule has 0 aliphatic heterocycles. The topological polar surface area (TPSA) is 4.93 Å². The number of nitrogens with zero attached hydrogens (tertiary/aromatic N) is 1. The molecule has 0 saturated carbocycles. The van der Waals surface area contributed by atoms with Crippen LogP contribution in [0, 0.1) is 0 Å². The highest BCUT2D eigenvalue weighted by Crippen LogP contribution is 2.28. The highest BCUT2D eigenvalue weighted by molar-refractivity contribution is 5.87. The van der Waals surface area contributed by atoms with Gasteiger partial charge in [0.25, 0.3) is 0 Å². The van der Waals surface area contributed by atoms with E-state index in [4.69, 9.17) is 0 Å². The van der Waals surface area contributed by atoms with Gasteiger partial charge in [-0.25, -0.2) is 0 Å². The van der Waals surface area contributed by atoms with Crippen LogP contribution in [0.4, 0.5) is 0 Å². The smallest absolute Gasteiger partial charge is 0.0491 e. The van der Waals surface area contributed by atoms with Gasteiger partial charge < -0.3 is 4.57 Å². The molecular weight excluding hydrogens is 230 g/mol. The fraction of sp³-hybridized carbons (Fsp3) is 0.111. The number of hydrogen-bond donors (Lipinski definition) is 0. The molecule has 0 aliphatic rings. The summed E-state index contributed by atoms with van der Waals surface area (Å²) in [4.78, 5) is 0. The van der Waals surface area contributed by atoms with Gasteiger partial charge in [0.15, 0.2) is 0 Å². The second-order valence-corrected chi connectivity index (χ2v) is 4.68. The third kappa shape index (κ3) is 2.19. The van der Waals surface area contributed by atoms with Crippen molar-refractivity contribution in [3.8, 4) is 11.3 Å². The zero-order valence-electron chi connectivity index (χ0n) is 10.9. The van der Waals surface area contributed by atoms with Crippen LogP contribution in [-0.4, -0.2) is 4.57 Å². The van der Waals surface area contributed by atoms with Crippen LogP contribution in [0.3, 0.4) is 0 Å². The Morgan fingerprint density at radius 1 is 0.947 bits per heavy atom. The van der Waals surface area contributed by atoms with E-state index in [-0.39, 0.29) is 0 Å². The second kappa shape index (κ2) is 5.15. The predicted molar refractivity (Wildman–Crippen MR) is 82.2 cm³/mol. The molecule has 0 saturated heterocycles. The van der Waals surface area contributed by atoms with Crippen molar-refractivity contribution in [2.75, 3.05) is 0 Å². The zero-order chi connectivity index (χ0) is 13.1. The number of aryl methyl sites for hydroxylation is 1. The number of hydrogen-bond acceptors (Lipinski definition) is 0. The molecule has 2 aromatic carbocycles. The number of aromatic nitrogens is 1.